The summed E-state index contributed by atoms with van der Waals surface area (Å²) in [5.74, 6) is -0.798. The number of aromatic nitrogens is 2. The van der Waals surface area contributed by atoms with Gasteiger partial charge in [0.25, 0.3) is 0 Å². The van der Waals surface area contributed by atoms with Gasteiger partial charge < -0.3 is 25.5 Å². The van der Waals surface area contributed by atoms with Crippen molar-refractivity contribution in [1.29, 1.82) is 0 Å². The van der Waals surface area contributed by atoms with Crippen molar-refractivity contribution < 1.29 is 27.4 Å². The summed E-state index contributed by atoms with van der Waals surface area (Å²) in [4.78, 5) is 3.95. The molecule has 0 aliphatic heterocycles. The van der Waals surface area contributed by atoms with Crippen LogP contribution in [0.3, 0.4) is 0 Å². The standard InChI is InChI=1S/C17H25F4N5O2/c18-16(19)17(20,21)28-13-3-1-12(2-4-13)15(27)25-14(22)5-6-23-7-9-26-10-8-24-11-26/h1,3-4,8,10-12,14-16,23,25,27H,2,5-7,9,22H2/t12?,14?,15-/m0/s1. The zero-order chi connectivity index (χ0) is 20.6. The molecule has 1 aliphatic rings. The van der Waals surface area contributed by atoms with Crippen LogP contribution < -0.4 is 16.4 Å². The molecule has 0 saturated heterocycles. The highest BCUT2D eigenvalue weighted by Crippen LogP contribution is 2.30. The van der Waals surface area contributed by atoms with E-state index in [4.69, 9.17) is 5.73 Å². The predicted molar refractivity (Wildman–Crippen MR) is 94.2 cm³/mol. The molecular weight excluding hydrogens is 382 g/mol. The Morgan fingerprint density at radius 1 is 1.39 bits per heavy atom. The maximum atomic E-state index is 12.9. The average molecular weight is 407 g/mol. The Labute approximate surface area is 160 Å². The van der Waals surface area contributed by atoms with Crippen molar-refractivity contribution in [1.82, 2.24) is 20.2 Å². The molecule has 3 atom stereocenters. The highest BCUT2D eigenvalue weighted by molar-refractivity contribution is 5.19. The van der Waals surface area contributed by atoms with Crippen molar-refractivity contribution in [2.24, 2.45) is 11.7 Å². The number of nitrogens with two attached hydrogens (primary N) is 1. The Morgan fingerprint density at radius 2 is 2.18 bits per heavy atom. The van der Waals surface area contributed by atoms with Gasteiger partial charge >= 0.3 is 12.5 Å². The summed E-state index contributed by atoms with van der Waals surface area (Å²) in [5.41, 5.74) is 5.93. The van der Waals surface area contributed by atoms with Gasteiger partial charge in [0.2, 0.25) is 0 Å². The highest BCUT2D eigenvalue weighted by Gasteiger charge is 2.44. The van der Waals surface area contributed by atoms with Crippen LogP contribution in [0.15, 0.2) is 42.7 Å². The topological polar surface area (TPSA) is 97.4 Å². The first-order valence-electron chi connectivity index (χ1n) is 8.87. The molecule has 0 aromatic carbocycles. The van der Waals surface area contributed by atoms with Gasteiger partial charge in [-0.3, -0.25) is 5.32 Å². The summed E-state index contributed by atoms with van der Waals surface area (Å²) in [7, 11) is 0. The fourth-order valence-electron chi connectivity index (χ4n) is 2.56. The quantitative estimate of drug-likeness (QED) is 0.238. The van der Waals surface area contributed by atoms with Gasteiger partial charge in [-0.1, -0.05) is 6.08 Å². The second-order valence-electron chi connectivity index (χ2n) is 6.39. The zero-order valence-corrected chi connectivity index (χ0v) is 15.1. The molecule has 0 bridgehead atoms. The van der Waals surface area contributed by atoms with Crippen LogP contribution in [-0.2, 0) is 11.3 Å². The lowest BCUT2D eigenvalue weighted by molar-refractivity contribution is -0.280. The van der Waals surface area contributed by atoms with Crippen LogP contribution in [0.25, 0.3) is 0 Å². The van der Waals surface area contributed by atoms with E-state index in [1.54, 1.807) is 12.5 Å². The van der Waals surface area contributed by atoms with Crippen molar-refractivity contribution in [3.63, 3.8) is 0 Å². The van der Waals surface area contributed by atoms with Gasteiger partial charge in [0.05, 0.1) is 12.5 Å². The van der Waals surface area contributed by atoms with Gasteiger partial charge in [0.1, 0.15) is 12.0 Å². The fraction of sp³-hybridized carbons (Fsp3) is 0.588. The smallest absolute Gasteiger partial charge is 0.429 e. The SMILES string of the molecule is NC(CCNCCn1ccnc1)N[C@@H](O)C1C=CC(OC(F)(F)C(F)F)=CC1. The van der Waals surface area contributed by atoms with Crippen LogP contribution in [0, 0.1) is 5.92 Å². The van der Waals surface area contributed by atoms with E-state index in [2.05, 4.69) is 20.4 Å². The molecule has 28 heavy (non-hydrogen) atoms. The third-order valence-corrected chi connectivity index (χ3v) is 4.14. The number of imidazole rings is 1. The monoisotopic (exact) mass is 407 g/mol. The summed E-state index contributed by atoms with van der Waals surface area (Å²) in [6, 6.07) is 0. The molecule has 5 N–H and O–H groups in total. The van der Waals surface area contributed by atoms with Crippen molar-refractivity contribution >= 4 is 0 Å². The van der Waals surface area contributed by atoms with E-state index in [1.807, 2.05) is 10.8 Å². The number of hydrogen-bond acceptors (Lipinski definition) is 6. The molecule has 1 aliphatic carbocycles. The van der Waals surface area contributed by atoms with Gasteiger partial charge in [-0.05, 0) is 31.5 Å². The van der Waals surface area contributed by atoms with Gasteiger partial charge in [-0.2, -0.15) is 17.6 Å². The van der Waals surface area contributed by atoms with Crippen LogP contribution in [0.5, 0.6) is 0 Å². The van der Waals surface area contributed by atoms with E-state index in [9.17, 15) is 22.7 Å². The number of aliphatic hydroxyl groups excluding tert-OH is 1. The Hall–Kier alpha value is -1.95. The minimum Gasteiger partial charge on any atom is -0.429 e. The Balaban J connectivity index is 1.63. The predicted octanol–water partition coefficient (Wildman–Crippen LogP) is 1.39. The number of nitrogens with zero attached hydrogens (tertiary/aromatic N) is 2. The lowest BCUT2D eigenvalue weighted by Gasteiger charge is -2.26. The molecule has 0 spiro atoms. The number of nitrogens with one attached hydrogen (secondary N) is 2. The van der Waals surface area contributed by atoms with Crippen LogP contribution in [0.2, 0.25) is 0 Å². The molecule has 2 rings (SSSR count). The maximum Gasteiger partial charge on any atom is 0.461 e. The summed E-state index contributed by atoms with van der Waals surface area (Å²) in [5, 5.41) is 16.2. The van der Waals surface area contributed by atoms with Crippen LogP contribution in [0.4, 0.5) is 17.6 Å². The number of halogens is 4. The summed E-state index contributed by atoms with van der Waals surface area (Å²) < 4.78 is 56.0. The summed E-state index contributed by atoms with van der Waals surface area (Å²) >= 11 is 0. The second-order valence-corrected chi connectivity index (χ2v) is 6.39. The number of allylic oxidation sites excluding steroid dienone is 2. The average Bonchev–Trinajstić information content (AvgIpc) is 3.15. The molecule has 0 fully saturated rings. The van der Waals surface area contributed by atoms with Crippen molar-refractivity contribution in [3.05, 3.63) is 42.7 Å². The van der Waals surface area contributed by atoms with Gasteiger partial charge in [0.15, 0.2) is 0 Å². The summed E-state index contributed by atoms with van der Waals surface area (Å²) in [6.45, 7) is 2.16. The van der Waals surface area contributed by atoms with Gasteiger partial charge in [0, 0.05) is 31.4 Å². The van der Waals surface area contributed by atoms with Crippen molar-refractivity contribution in [2.75, 3.05) is 13.1 Å². The second kappa shape index (κ2) is 10.6. The molecular formula is C17H25F4N5O2. The first-order valence-corrected chi connectivity index (χ1v) is 8.87. The van der Waals surface area contributed by atoms with Crippen molar-refractivity contribution in [3.8, 4) is 0 Å². The fourth-order valence-corrected chi connectivity index (χ4v) is 2.56. The minimum absolute atomic E-state index is 0.148. The minimum atomic E-state index is -4.55. The summed E-state index contributed by atoms with van der Waals surface area (Å²) in [6.07, 6.45) is -0.165. The van der Waals surface area contributed by atoms with Crippen molar-refractivity contribution in [2.45, 2.75) is 44.3 Å². The highest BCUT2D eigenvalue weighted by atomic mass is 19.3. The van der Waals surface area contributed by atoms with E-state index in [1.165, 1.54) is 12.2 Å². The molecule has 158 valence electrons. The molecule has 0 radical (unpaired) electrons. The molecule has 1 aromatic heterocycles. The van der Waals surface area contributed by atoms with Gasteiger partial charge in [-0.15, -0.1) is 0 Å². The number of alkyl halides is 4. The molecule has 1 heterocycles. The molecule has 2 unspecified atom stereocenters. The van der Waals surface area contributed by atoms with E-state index >= 15 is 0 Å². The van der Waals surface area contributed by atoms with E-state index in [0.717, 1.165) is 19.2 Å². The first-order chi connectivity index (χ1) is 13.3. The first kappa shape index (κ1) is 22.3. The maximum absolute atomic E-state index is 12.9. The number of rotatable bonds is 12. The van der Waals surface area contributed by atoms with Crippen LogP contribution >= 0.6 is 0 Å². The van der Waals surface area contributed by atoms with Crippen LogP contribution in [0.1, 0.15) is 12.8 Å². The number of aliphatic hydroxyl groups is 1. The lowest BCUT2D eigenvalue weighted by Crippen LogP contribution is -2.48. The molecule has 1 aromatic rings. The molecule has 7 nitrogen and oxygen atoms in total. The number of hydrogen-bond donors (Lipinski definition) is 4. The van der Waals surface area contributed by atoms with Crippen LogP contribution in [-0.4, -0.2) is 52.7 Å². The largest absolute Gasteiger partial charge is 0.461 e. The molecule has 11 heteroatoms. The lowest BCUT2D eigenvalue weighted by atomic mass is 9.98. The molecule has 0 saturated carbocycles. The Morgan fingerprint density at radius 3 is 2.79 bits per heavy atom. The van der Waals surface area contributed by atoms with E-state index in [0.29, 0.717) is 13.0 Å². The Bertz CT molecular complexity index is 640. The normalized spacial score (nSPS) is 19.5. The third kappa shape index (κ3) is 7.23. The Kier molecular flexibility index (Phi) is 8.42. The number of ether oxygens (including phenoxy) is 1. The molecule has 0 amide bonds. The van der Waals surface area contributed by atoms with E-state index in [-0.39, 0.29) is 12.2 Å². The zero-order valence-electron chi connectivity index (χ0n) is 15.1. The van der Waals surface area contributed by atoms with E-state index < -0.39 is 30.8 Å². The third-order valence-electron chi connectivity index (χ3n) is 4.14. The van der Waals surface area contributed by atoms with Gasteiger partial charge in [-0.25, -0.2) is 4.98 Å².